The summed E-state index contributed by atoms with van der Waals surface area (Å²) in [6, 6.07) is 8.85. The number of rotatable bonds is 3. The van der Waals surface area contributed by atoms with Crippen LogP contribution in [0.1, 0.15) is 11.6 Å². The van der Waals surface area contributed by atoms with Crippen LogP contribution < -0.4 is 0 Å². The van der Waals surface area contributed by atoms with Gasteiger partial charge in [0.15, 0.2) is 6.04 Å². The smallest absolute Gasteiger partial charge is 0.331 e. The first-order valence-corrected chi connectivity index (χ1v) is 6.54. The van der Waals surface area contributed by atoms with Crippen LogP contribution >= 0.6 is 0 Å². The molecular weight excluding hydrogens is 254 g/mol. The van der Waals surface area contributed by atoms with E-state index in [9.17, 15) is 9.59 Å². The van der Waals surface area contributed by atoms with E-state index in [0.29, 0.717) is 0 Å². The van der Waals surface area contributed by atoms with Gasteiger partial charge >= 0.3 is 5.97 Å². The quantitative estimate of drug-likeness (QED) is 0.621. The molecule has 0 N–H and O–H groups in total. The highest BCUT2D eigenvalue weighted by molar-refractivity contribution is 5.94. The Morgan fingerprint density at radius 3 is 2.35 bits per heavy atom. The van der Waals surface area contributed by atoms with Crippen LogP contribution in [0.5, 0.6) is 0 Å². The van der Waals surface area contributed by atoms with Crippen molar-refractivity contribution in [3.63, 3.8) is 0 Å². The second-order valence-electron chi connectivity index (χ2n) is 4.86. The van der Waals surface area contributed by atoms with Crippen molar-refractivity contribution in [1.82, 2.24) is 4.90 Å². The molecule has 3 rings (SSSR count). The van der Waals surface area contributed by atoms with Crippen LogP contribution in [-0.4, -0.2) is 29.9 Å². The van der Waals surface area contributed by atoms with Gasteiger partial charge in [-0.15, -0.1) is 0 Å². The van der Waals surface area contributed by atoms with E-state index in [1.54, 1.807) is 4.90 Å². The lowest BCUT2D eigenvalue weighted by atomic mass is 10.1. The molecule has 2 aliphatic rings. The molecular formula is C16H15NO3. The molecule has 4 heteroatoms. The number of benzene rings is 1. The fourth-order valence-electron chi connectivity index (χ4n) is 2.63. The van der Waals surface area contributed by atoms with Crippen molar-refractivity contribution in [2.75, 3.05) is 7.11 Å². The van der Waals surface area contributed by atoms with E-state index in [2.05, 4.69) is 0 Å². The highest BCUT2D eigenvalue weighted by atomic mass is 16.5. The molecule has 2 atom stereocenters. The number of nitrogens with zero attached hydrogens (tertiary/aromatic N) is 1. The predicted octanol–water partition coefficient (Wildman–Crippen LogP) is 1.85. The maximum absolute atomic E-state index is 12.4. The number of esters is 1. The summed E-state index contributed by atoms with van der Waals surface area (Å²) in [7, 11) is 1.35. The topological polar surface area (TPSA) is 46.4 Å². The van der Waals surface area contributed by atoms with E-state index in [-0.39, 0.29) is 23.8 Å². The molecule has 0 aromatic heterocycles. The third-order valence-corrected chi connectivity index (χ3v) is 3.68. The second kappa shape index (κ2) is 4.96. The lowest BCUT2D eigenvalue weighted by Gasteiger charge is -2.07. The fourth-order valence-corrected chi connectivity index (χ4v) is 2.63. The maximum Gasteiger partial charge on any atom is 0.331 e. The Bertz CT molecular complexity index is 579. The molecule has 1 saturated heterocycles. The Morgan fingerprint density at radius 2 is 1.75 bits per heavy atom. The standard InChI is InChI=1S/C16H15NO3/c1-20-16(19)14-13(11-7-3-2-4-8-11)17(14)15(18)12-9-5-6-10-12/h2-10,12-14H,1H3/t13-,14+,17?/m1/s1. The minimum Gasteiger partial charge on any atom is -0.467 e. The van der Waals surface area contributed by atoms with Crippen LogP contribution in [0.3, 0.4) is 0 Å². The van der Waals surface area contributed by atoms with Gasteiger partial charge in [0.05, 0.1) is 19.1 Å². The molecule has 0 bridgehead atoms. The highest BCUT2D eigenvalue weighted by Crippen LogP contribution is 2.45. The molecule has 4 nitrogen and oxygen atoms in total. The van der Waals surface area contributed by atoms with Crippen molar-refractivity contribution in [3.05, 3.63) is 60.2 Å². The van der Waals surface area contributed by atoms with Gasteiger partial charge in [0, 0.05) is 0 Å². The zero-order valence-corrected chi connectivity index (χ0v) is 11.1. The molecule has 102 valence electrons. The minimum atomic E-state index is -0.503. The lowest BCUT2D eigenvalue weighted by Crippen LogP contribution is -2.24. The minimum absolute atomic E-state index is 0.0562. The average Bonchev–Trinajstić information content (AvgIpc) is 2.99. The van der Waals surface area contributed by atoms with Gasteiger partial charge in [-0.2, -0.15) is 0 Å². The van der Waals surface area contributed by atoms with E-state index in [1.165, 1.54) is 7.11 Å². The van der Waals surface area contributed by atoms with E-state index in [1.807, 2.05) is 54.6 Å². The number of carbonyl (C=O) groups excluding carboxylic acids is 2. The first-order chi connectivity index (χ1) is 9.74. The zero-order chi connectivity index (χ0) is 14.1. The molecule has 20 heavy (non-hydrogen) atoms. The largest absolute Gasteiger partial charge is 0.467 e. The van der Waals surface area contributed by atoms with Gasteiger partial charge in [-0.1, -0.05) is 54.6 Å². The van der Waals surface area contributed by atoms with Crippen LogP contribution in [0.15, 0.2) is 54.6 Å². The van der Waals surface area contributed by atoms with Crippen molar-refractivity contribution in [3.8, 4) is 0 Å². The number of hydrogen-bond acceptors (Lipinski definition) is 3. The molecule has 0 unspecified atom stereocenters. The number of amides is 1. The SMILES string of the molecule is COC(=O)[C@@H]1[C@@H](c2ccccc2)N1C(=O)C1C=CC=C1. The average molecular weight is 269 g/mol. The van der Waals surface area contributed by atoms with Gasteiger partial charge in [0.1, 0.15) is 0 Å². The van der Waals surface area contributed by atoms with E-state index >= 15 is 0 Å². The van der Waals surface area contributed by atoms with Gasteiger partial charge in [0.2, 0.25) is 5.91 Å². The summed E-state index contributed by atoms with van der Waals surface area (Å²) < 4.78 is 4.80. The molecule has 1 heterocycles. The Balaban J connectivity index is 1.85. The summed E-state index contributed by atoms with van der Waals surface area (Å²) in [4.78, 5) is 25.9. The van der Waals surface area contributed by atoms with Gasteiger partial charge in [-0.25, -0.2) is 4.79 Å². The summed E-state index contributed by atoms with van der Waals surface area (Å²) in [5.41, 5.74) is 0.960. The number of hydrogen-bond donors (Lipinski definition) is 0. The summed E-state index contributed by atoms with van der Waals surface area (Å²) in [5, 5.41) is 0. The van der Waals surface area contributed by atoms with Gasteiger partial charge in [-0.3, -0.25) is 4.79 Å². The Kier molecular flexibility index (Phi) is 3.14. The highest BCUT2D eigenvalue weighted by Gasteiger charge is 2.57. The maximum atomic E-state index is 12.4. The third kappa shape index (κ3) is 2.03. The normalized spacial score (nSPS) is 23.9. The van der Waals surface area contributed by atoms with Crippen LogP contribution in [0, 0.1) is 5.92 Å². The van der Waals surface area contributed by atoms with Crippen molar-refractivity contribution >= 4 is 11.9 Å². The van der Waals surface area contributed by atoms with E-state index in [0.717, 1.165) is 5.56 Å². The molecule has 0 spiro atoms. The molecule has 1 amide bonds. The molecule has 1 aromatic carbocycles. The van der Waals surface area contributed by atoms with Crippen molar-refractivity contribution in [2.45, 2.75) is 12.1 Å². The van der Waals surface area contributed by atoms with Crippen LogP contribution in [0.2, 0.25) is 0 Å². The van der Waals surface area contributed by atoms with Gasteiger partial charge < -0.3 is 9.64 Å². The Labute approximate surface area is 117 Å². The third-order valence-electron chi connectivity index (χ3n) is 3.68. The molecule has 0 saturated carbocycles. The molecule has 1 fully saturated rings. The molecule has 1 aliphatic heterocycles. The summed E-state index contributed by atoms with van der Waals surface area (Å²) >= 11 is 0. The first-order valence-electron chi connectivity index (χ1n) is 6.54. The van der Waals surface area contributed by atoms with Gasteiger partial charge in [0.25, 0.3) is 0 Å². The van der Waals surface area contributed by atoms with Crippen molar-refractivity contribution < 1.29 is 14.3 Å². The zero-order valence-electron chi connectivity index (χ0n) is 11.1. The van der Waals surface area contributed by atoms with Gasteiger partial charge in [-0.05, 0) is 5.56 Å². The lowest BCUT2D eigenvalue weighted by molar-refractivity contribution is -0.143. The summed E-state index contributed by atoms with van der Waals surface area (Å²) in [5.74, 6) is -0.687. The first kappa shape index (κ1) is 12.7. The second-order valence-corrected chi connectivity index (χ2v) is 4.86. The fraction of sp³-hybridized carbons (Fsp3) is 0.250. The molecule has 0 radical (unpaired) electrons. The Hall–Kier alpha value is -2.36. The van der Waals surface area contributed by atoms with Crippen LogP contribution in [0.4, 0.5) is 0 Å². The Morgan fingerprint density at radius 1 is 1.10 bits per heavy atom. The van der Waals surface area contributed by atoms with Crippen molar-refractivity contribution in [2.24, 2.45) is 5.92 Å². The van der Waals surface area contributed by atoms with E-state index < -0.39 is 6.04 Å². The van der Waals surface area contributed by atoms with Crippen LogP contribution in [-0.2, 0) is 14.3 Å². The number of carbonyl (C=O) groups is 2. The molecule has 1 aromatic rings. The monoisotopic (exact) mass is 269 g/mol. The van der Waals surface area contributed by atoms with E-state index in [4.69, 9.17) is 4.74 Å². The predicted molar refractivity (Wildman–Crippen MR) is 73.6 cm³/mol. The van der Waals surface area contributed by atoms with Crippen LogP contribution in [0.25, 0.3) is 0 Å². The number of ether oxygens (including phenoxy) is 1. The van der Waals surface area contributed by atoms with Crippen molar-refractivity contribution in [1.29, 1.82) is 0 Å². The summed E-state index contributed by atoms with van der Waals surface area (Å²) in [6.45, 7) is 0. The molecule has 1 aliphatic carbocycles. The number of methoxy groups -OCH3 is 1. The number of allylic oxidation sites excluding steroid dienone is 2. The summed E-state index contributed by atoms with van der Waals surface area (Å²) in [6.07, 6.45) is 7.35.